The van der Waals surface area contributed by atoms with E-state index in [4.69, 9.17) is 34.2 Å². The molecule has 0 spiro atoms. The van der Waals surface area contributed by atoms with Gasteiger partial charge in [-0.25, -0.2) is 71.6 Å². The Hall–Kier alpha value is -12.5. The van der Waals surface area contributed by atoms with Gasteiger partial charge in [0.1, 0.15) is 34.5 Å². The number of nitrogens with one attached hydrogen (secondary N) is 4. The van der Waals surface area contributed by atoms with Gasteiger partial charge in [-0.15, -0.1) is 0 Å². The van der Waals surface area contributed by atoms with Gasteiger partial charge in [0.25, 0.3) is 23.6 Å². The van der Waals surface area contributed by atoms with E-state index >= 15 is 0 Å². The van der Waals surface area contributed by atoms with E-state index in [0.717, 1.165) is 119 Å². The zero-order valence-corrected chi connectivity index (χ0v) is 88.9. The standard InChI is InChI=1S/C30H39N5O5S.C25H29FN4O4S.2C25H31N5O4S/c1-19-7-11-22(12-8-19)35-27(28(36)31-5)24-15-23(21-9-10-21)26(16-25(24)32-35)34(41(6,38)39)14-13-20-17-33(18-20)29(37)40-30(2,3)4;1-15-4-8-18(9-5-15)30-24(25(31)27-2)20-10-19(16-6-7-16)23(11-22(20)28-30)29(35(3,32)33)12-21(26)17-13-34-14-17;1-16-5-8-22(27-13-16)30-23(24(31)26-3)19-11-18(17-6-7-17)21(12-20(19)28-30)29(35(4,32)33)10-9-25(2)14-34-15-25;1-15-5-8-23(27-13-15)30-24(25(31)26-3)20-11-19(17-6-7-17)22(12-21(20)28-30)29(35(4,32)33)10-9-18-14-34-16(18)2/h7-8,11-12,15-16,20-21H,9-10,13-14,17-18H2,1-6H3,(H,31,36);4-5,8-11,16-17,21H,6-7,12-14H2,1-3H3,(H,27,31);5,8,11-13,17H,6-7,9-10,14-15H2,1-4H3,(H,26,31);5,8,11-13,16-18H,6-7,9-10,14H2,1-4H3,(H,26,31). The molecule has 0 bridgehead atoms. The Labute approximate surface area is 851 Å². The molecule has 4 aliphatic heterocycles. The summed E-state index contributed by atoms with van der Waals surface area (Å²) in [7, 11) is -8.13. The van der Waals surface area contributed by atoms with Gasteiger partial charge in [-0.05, 0) is 274 Å². The van der Waals surface area contributed by atoms with E-state index in [1.807, 2.05) is 171 Å². The molecule has 3 unspecified atom stereocenters. The Morgan fingerprint density at radius 1 is 0.459 bits per heavy atom. The predicted octanol–water partition coefficient (Wildman–Crippen LogP) is 14.2. The number of aryl methyl sites for hydroxylation is 4. The number of benzene rings is 6. The van der Waals surface area contributed by atoms with Crippen molar-refractivity contribution in [2.45, 2.75) is 174 Å². The number of carbonyl (C=O) groups is 5. The van der Waals surface area contributed by atoms with Gasteiger partial charge < -0.3 is 45.1 Å². The number of pyridine rings is 2. The number of fused-ring (bicyclic) bond motifs is 4. The number of aromatic nitrogens is 10. The molecule has 6 aromatic heterocycles. The van der Waals surface area contributed by atoms with E-state index < -0.39 is 51.9 Å². The summed E-state index contributed by atoms with van der Waals surface area (Å²) in [5.41, 5.74) is 14.7. The van der Waals surface area contributed by atoms with E-state index in [1.165, 1.54) is 31.7 Å². The minimum absolute atomic E-state index is 0.0160. The van der Waals surface area contributed by atoms with Crippen LogP contribution >= 0.6 is 0 Å². The van der Waals surface area contributed by atoms with Crippen molar-refractivity contribution >= 4 is 136 Å². The third-order valence-electron chi connectivity index (χ3n) is 28.2. The lowest BCUT2D eigenvalue weighted by Gasteiger charge is -2.40. The number of carbonyl (C=O) groups excluding carboxylic acids is 5. The van der Waals surface area contributed by atoms with E-state index in [2.05, 4.69) is 43.3 Å². The monoisotopic (exact) mass is 2080 g/mol. The average Bonchev–Trinajstić information content (AvgIpc) is 1.60. The van der Waals surface area contributed by atoms with Crippen LogP contribution in [0.5, 0.6) is 0 Å². The van der Waals surface area contributed by atoms with Crippen LogP contribution in [0.3, 0.4) is 0 Å². The third-order valence-corrected chi connectivity index (χ3v) is 32.9. The summed E-state index contributed by atoms with van der Waals surface area (Å²) in [4.78, 5) is 74.8. The fourth-order valence-electron chi connectivity index (χ4n) is 19.0. The molecule has 8 fully saturated rings. The highest BCUT2D eigenvalue weighted by molar-refractivity contribution is 7.93. The van der Waals surface area contributed by atoms with Crippen LogP contribution in [0, 0.1) is 50.9 Å². The smallest absolute Gasteiger partial charge is 0.410 e. The van der Waals surface area contributed by atoms with E-state index in [-0.39, 0.29) is 89.8 Å². The molecule has 12 aromatic rings. The fraction of sp³-hybridized carbons (Fsp3) is 0.476. The minimum Gasteiger partial charge on any atom is -0.444 e. The Balaban J connectivity index is 0.000000133. The summed E-state index contributed by atoms with van der Waals surface area (Å²) in [6, 6.07) is 37.7. The summed E-state index contributed by atoms with van der Waals surface area (Å²) >= 11 is 0. The Morgan fingerprint density at radius 3 is 1.08 bits per heavy atom. The summed E-state index contributed by atoms with van der Waals surface area (Å²) in [5.74, 6) is 1.07. The molecule has 4 saturated heterocycles. The Bertz CT molecular complexity index is 7490. The van der Waals surface area contributed by atoms with Crippen molar-refractivity contribution in [2.24, 2.45) is 23.2 Å². The van der Waals surface area contributed by atoms with Crippen molar-refractivity contribution in [1.82, 2.24) is 75.3 Å². The number of hydrogen-bond donors (Lipinski definition) is 4. The van der Waals surface area contributed by atoms with Crippen LogP contribution in [0.2, 0.25) is 0 Å². The van der Waals surface area contributed by atoms with E-state index in [9.17, 15) is 62.0 Å². The number of alkyl halides is 1. The Morgan fingerprint density at radius 2 is 0.795 bits per heavy atom. The molecule has 4 saturated carbocycles. The van der Waals surface area contributed by atoms with Crippen LogP contribution in [0.1, 0.15) is 215 Å². The van der Waals surface area contributed by atoms with Crippen molar-refractivity contribution in [2.75, 3.05) is 143 Å². The van der Waals surface area contributed by atoms with Gasteiger partial charge in [-0.3, -0.25) is 36.4 Å². The van der Waals surface area contributed by atoms with E-state index in [1.54, 1.807) is 70.3 Å². The number of likely N-dealkylation sites (tertiary alicyclic amines) is 1. The lowest BCUT2D eigenvalue weighted by molar-refractivity contribution is -0.104. The van der Waals surface area contributed by atoms with Gasteiger partial charge >= 0.3 is 6.09 Å². The largest absolute Gasteiger partial charge is 0.444 e. The molecule has 36 nitrogen and oxygen atoms in total. The molecule has 3 atom stereocenters. The van der Waals surface area contributed by atoms with Gasteiger partial charge in [-0.1, -0.05) is 54.4 Å². The van der Waals surface area contributed by atoms with Crippen LogP contribution in [0.25, 0.3) is 66.6 Å². The maximum absolute atomic E-state index is 15.0. The normalized spacial score (nSPS) is 17.6. The maximum atomic E-state index is 15.0. The van der Waals surface area contributed by atoms with Crippen LogP contribution in [0.4, 0.5) is 31.9 Å². The molecule has 8 aliphatic rings. The highest BCUT2D eigenvalue weighted by atomic mass is 32.2. The van der Waals surface area contributed by atoms with Gasteiger partial charge in [0.05, 0.1) is 127 Å². The summed E-state index contributed by atoms with van der Waals surface area (Å²) in [5, 5.41) is 32.4. The molecule has 4 aliphatic carbocycles. The summed E-state index contributed by atoms with van der Waals surface area (Å²) < 4.78 is 152. The second-order valence-electron chi connectivity index (χ2n) is 41.5. The molecule has 4 N–H and O–H groups in total. The number of amides is 5. The number of nitrogens with zero attached hydrogens (tertiary/aromatic N) is 15. The van der Waals surface area contributed by atoms with Crippen molar-refractivity contribution < 1.29 is 81.0 Å². The van der Waals surface area contributed by atoms with Crippen LogP contribution in [-0.4, -0.2) is 261 Å². The molecule has 5 amide bonds. The molecule has 6 aromatic carbocycles. The second-order valence-corrected chi connectivity index (χ2v) is 49.1. The maximum Gasteiger partial charge on any atom is 0.410 e. The lowest BCUT2D eigenvalue weighted by Crippen LogP contribution is -2.52. The van der Waals surface area contributed by atoms with Crippen LogP contribution in [0.15, 0.2) is 134 Å². The number of rotatable bonds is 32. The number of ether oxygens (including phenoxy) is 4. The van der Waals surface area contributed by atoms with Gasteiger partial charge in [0.2, 0.25) is 40.1 Å². The zero-order chi connectivity index (χ0) is 104. The molecule has 20 rings (SSSR count). The first-order valence-corrected chi connectivity index (χ1v) is 57.0. The average molecular weight is 2080 g/mol. The summed E-state index contributed by atoms with van der Waals surface area (Å²) in [6.07, 6.45) is 16.5. The summed E-state index contributed by atoms with van der Waals surface area (Å²) in [6.45, 7) is 21.9. The van der Waals surface area contributed by atoms with Crippen molar-refractivity contribution in [3.63, 3.8) is 0 Å². The minimum atomic E-state index is -3.77. The number of anilines is 4. The molecular formula is C105H130FN19O17S4. The molecule has 10 heterocycles. The third kappa shape index (κ3) is 23.1. The van der Waals surface area contributed by atoms with Gasteiger partial charge in [0, 0.05) is 112 Å². The predicted molar refractivity (Wildman–Crippen MR) is 561 cm³/mol. The highest BCUT2D eigenvalue weighted by Crippen LogP contribution is 2.52. The highest BCUT2D eigenvalue weighted by Gasteiger charge is 2.44. The van der Waals surface area contributed by atoms with Crippen molar-refractivity contribution in [1.29, 1.82) is 0 Å². The van der Waals surface area contributed by atoms with Crippen LogP contribution in [-0.2, 0) is 59.0 Å². The SMILES string of the molecule is CNC(=O)c1c2cc(C3CC3)c(N(CC(F)C3COC3)S(C)(=O)=O)cc2nn1-c1ccc(C)cc1.CNC(=O)c1c2cc(C3CC3)c(N(CCC3(C)COC3)S(C)(=O)=O)cc2nn1-c1ccc(C)cn1.CNC(=O)c1c2cc(C3CC3)c(N(CCC3CN(C(=O)OC(C)(C)C)C3)S(C)(=O)=O)cc2nn1-c1ccc(C)cc1.CNC(=O)c1c2cc(C3CC3)c(N(CCC3COC3C)S(C)(=O)=O)cc2nn1-c1ccc(C)cn1. The number of halogens is 1. The second kappa shape index (κ2) is 41.6. The van der Waals surface area contributed by atoms with Gasteiger partial charge in [-0.2, -0.15) is 20.4 Å². The first-order chi connectivity index (χ1) is 69.2. The topological polar surface area (TPSA) is 420 Å². The van der Waals surface area contributed by atoms with Crippen molar-refractivity contribution in [3.8, 4) is 23.0 Å². The van der Waals surface area contributed by atoms with E-state index in [0.29, 0.717) is 184 Å². The molecule has 778 valence electrons. The molecule has 41 heteroatoms. The fourth-order valence-corrected chi connectivity index (χ4v) is 22.8. The van der Waals surface area contributed by atoms with Crippen molar-refractivity contribution in [3.05, 3.63) is 201 Å². The molecule has 146 heavy (non-hydrogen) atoms. The van der Waals surface area contributed by atoms with Gasteiger partial charge in [0.15, 0.2) is 11.6 Å². The van der Waals surface area contributed by atoms with Crippen LogP contribution < -0.4 is 38.5 Å². The Kier molecular flexibility index (Phi) is 29.9. The first-order valence-electron chi connectivity index (χ1n) is 49.6. The zero-order valence-electron chi connectivity index (χ0n) is 85.6. The number of hydrogen-bond acceptors (Lipinski definition) is 23. The molecular weight excluding hydrogens is 1950 g/mol. The first kappa shape index (κ1) is 105. The lowest BCUT2D eigenvalue weighted by atomic mass is 9.85. The quantitative estimate of drug-likeness (QED) is 0.0304. The number of sulfonamides is 4. The molecule has 0 radical (unpaired) electrons.